The van der Waals surface area contributed by atoms with Crippen molar-refractivity contribution in [3.63, 3.8) is 0 Å². The van der Waals surface area contributed by atoms with Crippen LogP contribution in [0.1, 0.15) is 12.5 Å². The number of aromatic nitrogens is 1. The molecule has 0 bridgehead atoms. The van der Waals surface area contributed by atoms with E-state index >= 15 is 0 Å². The molecule has 0 aromatic carbocycles. The van der Waals surface area contributed by atoms with Crippen LogP contribution in [0.15, 0.2) is 16.9 Å². The zero-order chi connectivity index (χ0) is 6.69. The van der Waals surface area contributed by atoms with E-state index in [-0.39, 0.29) is 0 Å². The Morgan fingerprint density at radius 2 is 2.56 bits per heavy atom. The van der Waals surface area contributed by atoms with Crippen molar-refractivity contribution < 1.29 is 0 Å². The molecular weight excluding hydrogens is 178 g/mol. The highest BCUT2D eigenvalue weighted by molar-refractivity contribution is 9.10. The largest absolute Gasteiger partial charge is 0.248 e. The van der Waals surface area contributed by atoms with E-state index in [4.69, 9.17) is 0 Å². The van der Waals surface area contributed by atoms with Gasteiger partial charge in [0.25, 0.3) is 0 Å². The van der Waals surface area contributed by atoms with Crippen molar-refractivity contribution >= 4 is 15.9 Å². The second-order valence-corrected chi connectivity index (χ2v) is 2.52. The minimum atomic E-state index is 0.778. The molecule has 0 aliphatic carbocycles. The van der Waals surface area contributed by atoms with Crippen LogP contribution in [0.4, 0.5) is 0 Å². The third-order valence-electron chi connectivity index (χ3n) is 1.13. The first-order valence-electron chi connectivity index (χ1n) is 2.85. The van der Waals surface area contributed by atoms with Crippen LogP contribution in [0.3, 0.4) is 0 Å². The first-order chi connectivity index (χ1) is 4.33. The highest BCUT2D eigenvalue weighted by Crippen LogP contribution is 2.04. The van der Waals surface area contributed by atoms with Gasteiger partial charge in [0.2, 0.25) is 0 Å². The lowest BCUT2D eigenvalue weighted by Gasteiger charge is -1.91. The molecule has 2 heteroatoms. The third-order valence-corrected chi connectivity index (χ3v) is 1.56. The Morgan fingerprint density at radius 1 is 1.78 bits per heavy atom. The number of halogens is 1. The van der Waals surface area contributed by atoms with Gasteiger partial charge < -0.3 is 0 Å². The molecule has 0 N–H and O–H groups in total. The molecule has 0 saturated heterocycles. The number of rotatable bonds is 1. The van der Waals surface area contributed by atoms with Gasteiger partial charge in [0.05, 0.1) is 0 Å². The number of pyridine rings is 1. The summed E-state index contributed by atoms with van der Waals surface area (Å²) in [4.78, 5) is 4.01. The van der Waals surface area contributed by atoms with Crippen molar-refractivity contribution in [2.75, 3.05) is 0 Å². The van der Waals surface area contributed by atoms with E-state index in [2.05, 4.69) is 33.9 Å². The molecule has 1 radical (unpaired) electrons. The van der Waals surface area contributed by atoms with Crippen LogP contribution >= 0.6 is 15.9 Å². The molecule has 1 nitrogen and oxygen atoms in total. The van der Waals surface area contributed by atoms with Gasteiger partial charge in [-0.1, -0.05) is 6.92 Å². The summed E-state index contributed by atoms with van der Waals surface area (Å²) in [6, 6.07) is 4.90. The number of nitrogens with zero attached hydrogens (tertiary/aromatic N) is 1. The molecule has 1 aromatic rings. The van der Waals surface area contributed by atoms with Crippen molar-refractivity contribution in [2.45, 2.75) is 13.3 Å². The standard InChI is InChI=1S/C7H7BrN/c1-2-6-3-4-7(8)9-5-6/h3,5H,2H2,1H3. The summed E-state index contributed by atoms with van der Waals surface area (Å²) in [5.74, 6) is 0. The molecule has 1 rings (SSSR count). The normalized spacial score (nSPS) is 9.56. The van der Waals surface area contributed by atoms with Gasteiger partial charge in [-0.2, -0.15) is 0 Å². The van der Waals surface area contributed by atoms with E-state index in [0.717, 1.165) is 11.0 Å². The van der Waals surface area contributed by atoms with E-state index in [1.807, 2.05) is 12.3 Å². The fourth-order valence-electron chi connectivity index (χ4n) is 0.560. The van der Waals surface area contributed by atoms with Gasteiger partial charge in [-0.05, 0) is 34.0 Å². The lowest BCUT2D eigenvalue weighted by Crippen LogP contribution is -1.81. The third kappa shape index (κ3) is 1.79. The number of hydrogen-bond acceptors (Lipinski definition) is 1. The minimum Gasteiger partial charge on any atom is -0.248 e. The van der Waals surface area contributed by atoms with E-state index < -0.39 is 0 Å². The second kappa shape index (κ2) is 2.97. The molecule has 47 valence electrons. The monoisotopic (exact) mass is 184 g/mol. The Kier molecular flexibility index (Phi) is 2.22. The van der Waals surface area contributed by atoms with Crippen molar-refractivity contribution in [2.24, 2.45) is 0 Å². The highest BCUT2D eigenvalue weighted by Gasteiger charge is 1.88. The van der Waals surface area contributed by atoms with E-state index in [9.17, 15) is 0 Å². The molecule has 0 saturated carbocycles. The molecule has 0 amide bonds. The first-order valence-corrected chi connectivity index (χ1v) is 3.64. The molecule has 0 spiro atoms. The van der Waals surface area contributed by atoms with Gasteiger partial charge in [-0.15, -0.1) is 0 Å². The first kappa shape index (κ1) is 6.75. The van der Waals surface area contributed by atoms with E-state index in [1.54, 1.807) is 0 Å². The quantitative estimate of drug-likeness (QED) is 0.611. The van der Waals surface area contributed by atoms with Crippen molar-refractivity contribution in [3.8, 4) is 0 Å². The summed E-state index contributed by atoms with van der Waals surface area (Å²) < 4.78 is 0.778. The summed E-state index contributed by atoms with van der Waals surface area (Å²) in [5.41, 5.74) is 1.22. The van der Waals surface area contributed by atoms with Gasteiger partial charge >= 0.3 is 0 Å². The molecule has 9 heavy (non-hydrogen) atoms. The van der Waals surface area contributed by atoms with Crippen molar-refractivity contribution in [3.05, 3.63) is 28.5 Å². The molecule has 0 unspecified atom stereocenters. The summed E-state index contributed by atoms with van der Waals surface area (Å²) in [5, 5.41) is 0. The summed E-state index contributed by atoms with van der Waals surface area (Å²) in [6.45, 7) is 2.10. The van der Waals surface area contributed by atoms with Crippen LogP contribution in [0.2, 0.25) is 0 Å². The maximum Gasteiger partial charge on any atom is 0.113 e. The number of aryl methyl sites for hydroxylation is 1. The predicted octanol–water partition coefficient (Wildman–Crippen LogP) is 2.21. The molecule has 0 atom stereocenters. The predicted molar refractivity (Wildman–Crippen MR) is 40.2 cm³/mol. The average Bonchev–Trinajstić information content (AvgIpc) is 1.90. The fourth-order valence-corrected chi connectivity index (χ4v) is 0.777. The molecule has 1 aromatic heterocycles. The van der Waals surface area contributed by atoms with Gasteiger partial charge in [0, 0.05) is 12.3 Å². The minimum absolute atomic E-state index is 0.778. The van der Waals surface area contributed by atoms with Gasteiger partial charge in [0.15, 0.2) is 0 Å². The molecule has 1 heterocycles. The maximum absolute atomic E-state index is 4.01. The van der Waals surface area contributed by atoms with Crippen LogP contribution in [0.25, 0.3) is 0 Å². The van der Waals surface area contributed by atoms with Gasteiger partial charge in [0.1, 0.15) is 4.60 Å². The smallest absolute Gasteiger partial charge is 0.113 e. The molecule has 0 aliphatic heterocycles. The Hall–Kier alpha value is -0.370. The lowest BCUT2D eigenvalue weighted by atomic mass is 10.2. The second-order valence-electron chi connectivity index (χ2n) is 1.77. The molecular formula is C7H7BrN. The zero-order valence-electron chi connectivity index (χ0n) is 5.19. The van der Waals surface area contributed by atoms with E-state index in [0.29, 0.717) is 0 Å². The lowest BCUT2D eigenvalue weighted by molar-refractivity contribution is 1.09. The van der Waals surface area contributed by atoms with Gasteiger partial charge in [-0.3, -0.25) is 0 Å². The summed E-state index contributed by atoms with van der Waals surface area (Å²) in [6.07, 6.45) is 2.87. The summed E-state index contributed by atoms with van der Waals surface area (Å²) in [7, 11) is 0. The maximum atomic E-state index is 4.01. The van der Waals surface area contributed by atoms with Crippen LogP contribution in [0.5, 0.6) is 0 Å². The van der Waals surface area contributed by atoms with Crippen molar-refractivity contribution in [1.29, 1.82) is 0 Å². The summed E-state index contributed by atoms with van der Waals surface area (Å²) >= 11 is 3.21. The van der Waals surface area contributed by atoms with Crippen LogP contribution in [-0.4, -0.2) is 4.98 Å². The fraction of sp³-hybridized carbons (Fsp3) is 0.286. The molecule has 0 fully saturated rings. The zero-order valence-corrected chi connectivity index (χ0v) is 6.77. The Morgan fingerprint density at radius 3 is 3.00 bits per heavy atom. The van der Waals surface area contributed by atoms with Crippen molar-refractivity contribution in [1.82, 2.24) is 4.98 Å². The van der Waals surface area contributed by atoms with E-state index in [1.165, 1.54) is 5.56 Å². The molecule has 0 aliphatic rings. The van der Waals surface area contributed by atoms with Crippen LogP contribution < -0.4 is 0 Å². The Balaban J connectivity index is 2.88. The Bertz CT molecular complexity index is 181. The average molecular weight is 185 g/mol. The Labute approximate surface area is 63.2 Å². The topological polar surface area (TPSA) is 12.9 Å². The van der Waals surface area contributed by atoms with Crippen LogP contribution in [0, 0.1) is 6.07 Å². The number of hydrogen-bond donors (Lipinski definition) is 0. The highest BCUT2D eigenvalue weighted by atomic mass is 79.9. The SMILES string of the molecule is CCc1c[c]c(Br)nc1. The van der Waals surface area contributed by atoms with Crippen LogP contribution in [-0.2, 0) is 6.42 Å². The van der Waals surface area contributed by atoms with Gasteiger partial charge in [-0.25, -0.2) is 4.98 Å².